The van der Waals surface area contributed by atoms with Gasteiger partial charge in [-0.05, 0) is 30.5 Å². The van der Waals surface area contributed by atoms with Gasteiger partial charge in [-0.25, -0.2) is 4.39 Å². The van der Waals surface area contributed by atoms with Crippen LogP contribution >= 0.6 is 12.2 Å². The SMILES string of the molecule is NC(=S)c1cc(COC2CCCCC2)ccc1F. The van der Waals surface area contributed by atoms with Crippen LogP contribution in [0.1, 0.15) is 43.2 Å². The molecule has 0 amide bonds. The molecule has 98 valence electrons. The topological polar surface area (TPSA) is 35.2 Å². The molecule has 0 aliphatic heterocycles. The van der Waals surface area contributed by atoms with Gasteiger partial charge in [0.15, 0.2) is 0 Å². The summed E-state index contributed by atoms with van der Waals surface area (Å²) in [4.78, 5) is 0.0898. The molecule has 1 fully saturated rings. The average Bonchev–Trinajstić information content (AvgIpc) is 2.38. The van der Waals surface area contributed by atoms with E-state index in [-0.39, 0.29) is 10.8 Å². The first kappa shape index (κ1) is 13.4. The van der Waals surface area contributed by atoms with E-state index >= 15 is 0 Å². The Morgan fingerprint density at radius 2 is 2.06 bits per heavy atom. The molecular weight excluding hydrogens is 249 g/mol. The van der Waals surface area contributed by atoms with Gasteiger partial charge in [-0.1, -0.05) is 37.5 Å². The molecule has 1 aromatic rings. The van der Waals surface area contributed by atoms with Gasteiger partial charge >= 0.3 is 0 Å². The van der Waals surface area contributed by atoms with Crippen molar-refractivity contribution in [3.05, 3.63) is 35.1 Å². The summed E-state index contributed by atoms with van der Waals surface area (Å²) in [6.07, 6.45) is 6.39. The normalized spacial score (nSPS) is 16.7. The Hall–Kier alpha value is -1.00. The predicted octanol–water partition coefficient (Wildman–Crippen LogP) is 3.31. The Morgan fingerprint density at radius 1 is 1.33 bits per heavy atom. The van der Waals surface area contributed by atoms with Crippen molar-refractivity contribution >= 4 is 17.2 Å². The zero-order chi connectivity index (χ0) is 13.0. The van der Waals surface area contributed by atoms with E-state index in [4.69, 9.17) is 22.7 Å². The van der Waals surface area contributed by atoms with Crippen LogP contribution in [0, 0.1) is 5.82 Å². The molecule has 0 aromatic heterocycles. The van der Waals surface area contributed by atoms with Gasteiger partial charge in [-0.2, -0.15) is 0 Å². The van der Waals surface area contributed by atoms with Crippen LogP contribution in [0.5, 0.6) is 0 Å². The lowest BCUT2D eigenvalue weighted by Crippen LogP contribution is -2.17. The van der Waals surface area contributed by atoms with Crippen LogP contribution in [0.25, 0.3) is 0 Å². The summed E-state index contributed by atoms with van der Waals surface area (Å²) in [5.41, 5.74) is 6.69. The maximum Gasteiger partial charge on any atom is 0.133 e. The van der Waals surface area contributed by atoms with Gasteiger partial charge in [-0.3, -0.25) is 0 Å². The van der Waals surface area contributed by atoms with Gasteiger partial charge in [0, 0.05) is 5.56 Å². The van der Waals surface area contributed by atoms with E-state index in [0.717, 1.165) is 18.4 Å². The Balaban J connectivity index is 1.96. The van der Waals surface area contributed by atoms with E-state index < -0.39 is 0 Å². The Bertz CT molecular complexity index is 430. The summed E-state index contributed by atoms with van der Waals surface area (Å²) in [7, 11) is 0. The molecule has 0 heterocycles. The van der Waals surface area contributed by atoms with Crippen LogP contribution in [-0.2, 0) is 11.3 Å². The van der Waals surface area contributed by atoms with Crippen molar-refractivity contribution in [2.24, 2.45) is 5.73 Å². The van der Waals surface area contributed by atoms with Crippen molar-refractivity contribution in [2.75, 3.05) is 0 Å². The number of hydrogen-bond donors (Lipinski definition) is 1. The number of hydrogen-bond acceptors (Lipinski definition) is 2. The first-order valence-electron chi connectivity index (χ1n) is 6.36. The van der Waals surface area contributed by atoms with Crippen molar-refractivity contribution < 1.29 is 9.13 Å². The van der Waals surface area contributed by atoms with Crippen molar-refractivity contribution in [3.63, 3.8) is 0 Å². The Labute approximate surface area is 112 Å². The lowest BCUT2D eigenvalue weighted by Gasteiger charge is -2.22. The highest BCUT2D eigenvalue weighted by Gasteiger charge is 2.14. The third-order valence-corrected chi connectivity index (χ3v) is 3.55. The summed E-state index contributed by atoms with van der Waals surface area (Å²) in [5, 5.41) is 0. The third kappa shape index (κ3) is 3.50. The van der Waals surface area contributed by atoms with E-state index in [1.54, 1.807) is 12.1 Å². The quantitative estimate of drug-likeness (QED) is 0.850. The van der Waals surface area contributed by atoms with Crippen molar-refractivity contribution in [1.29, 1.82) is 0 Å². The third-order valence-electron chi connectivity index (χ3n) is 3.33. The fourth-order valence-corrected chi connectivity index (χ4v) is 2.45. The molecular formula is C14H18FNOS. The number of benzene rings is 1. The molecule has 1 saturated carbocycles. The van der Waals surface area contributed by atoms with E-state index in [9.17, 15) is 4.39 Å². The lowest BCUT2D eigenvalue weighted by molar-refractivity contribution is 0.0168. The summed E-state index contributed by atoms with van der Waals surface area (Å²) in [5.74, 6) is -0.371. The molecule has 0 spiro atoms. The number of thiocarbonyl (C=S) groups is 1. The molecule has 2 nitrogen and oxygen atoms in total. The zero-order valence-electron chi connectivity index (χ0n) is 10.3. The number of nitrogens with two attached hydrogens (primary N) is 1. The zero-order valence-corrected chi connectivity index (χ0v) is 11.1. The largest absolute Gasteiger partial charge is 0.389 e. The summed E-state index contributed by atoms with van der Waals surface area (Å²) < 4.78 is 19.2. The standard InChI is InChI=1S/C14H18FNOS/c15-13-7-6-10(8-12(13)14(16)18)9-17-11-4-2-1-3-5-11/h6-8,11H,1-5,9H2,(H2,16,18). The second-order valence-electron chi connectivity index (χ2n) is 4.75. The number of halogens is 1. The Kier molecular flexibility index (Phi) is 4.66. The van der Waals surface area contributed by atoms with Crippen molar-refractivity contribution in [2.45, 2.75) is 44.8 Å². The van der Waals surface area contributed by atoms with Crippen LogP contribution in [0.15, 0.2) is 18.2 Å². The number of ether oxygens (including phenoxy) is 1. The molecule has 0 radical (unpaired) electrons. The van der Waals surface area contributed by atoms with E-state index in [2.05, 4.69) is 0 Å². The minimum absolute atomic E-state index is 0.0898. The highest BCUT2D eigenvalue weighted by Crippen LogP contribution is 2.21. The predicted molar refractivity (Wildman–Crippen MR) is 73.9 cm³/mol. The van der Waals surface area contributed by atoms with E-state index in [1.165, 1.54) is 25.3 Å². The second-order valence-corrected chi connectivity index (χ2v) is 5.19. The van der Waals surface area contributed by atoms with Crippen LogP contribution in [0.2, 0.25) is 0 Å². The fourth-order valence-electron chi connectivity index (χ4n) is 2.30. The summed E-state index contributed by atoms with van der Waals surface area (Å²) >= 11 is 4.82. The van der Waals surface area contributed by atoms with Gasteiger partial charge in [0.25, 0.3) is 0 Å². The molecule has 0 bridgehead atoms. The van der Waals surface area contributed by atoms with Crippen LogP contribution < -0.4 is 5.73 Å². The average molecular weight is 267 g/mol. The molecule has 1 aromatic carbocycles. The number of rotatable bonds is 4. The molecule has 18 heavy (non-hydrogen) atoms. The van der Waals surface area contributed by atoms with Crippen LogP contribution in [-0.4, -0.2) is 11.1 Å². The summed E-state index contributed by atoms with van der Waals surface area (Å²) in [6.45, 7) is 0.501. The van der Waals surface area contributed by atoms with E-state index in [0.29, 0.717) is 18.3 Å². The first-order chi connectivity index (χ1) is 8.66. The first-order valence-corrected chi connectivity index (χ1v) is 6.77. The molecule has 0 unspecified atom stereocenters. The molecule has 4 heteroatoms. The second kappa shape index (κ2) is 6.25. The maximum atomic E-state index is 13.4. The highest BCUT2D eigenvalue weighted by atomic mass is 32.1. The van der Waals surface area contributed by atoms with Gasteiger partial charge in [0.1, 0.15) is 10.8 Å². The smallest absolute Gasteiger partial charge is 0.133 e. The molecule has 0 atom stereocenters. The monoisotopic (exact) mass is 267 g/mol. The van der Waals surface area contributed by atoms with Crippen LogP contribution in [0.3, 0.4) is 0 Å². The fraction of sp³-hybridized carbons (Fsp3) is 0.500. The van der Waals surface area contributed by atoms with Gasteiger partial charge in [0.2, 0.25) is 0 Å². The maximum absolute atomic E-state index is 13.4. The van der Waals surface area contributed by atoms with Gasteiger partial charge < -0.3 is 10.5 Å². The lowest BCUT2D eigenvalue weighted by atomic mass is 9.98. The van der Waals surface area contributed by atoms with E-state index in [1.807, 2.05) is 0 Å². The highest BCUT2D eigenvalue weighted by molar-refractivity contribution is 7.80. The van der Waals surface area contributed by atoms with Crippen molar-refractivity contribution in [1.82, 2.24) is 0 Å². The van der Waals surface area contributed by atoms with Gasteiger partial charge in [0.05, 0.1) is 12.7 Å². The molecule has 1 aliphatic carbocycles. The van der Waals surface area contributed by atoms with Crippen molar-refractivity contribution in [3.8, 4) is 0 Å². The molecule has 0 saturated heterocycles. The minimum atomic E-state index is -0.371. The Morgan fingerprint density at radius 3 is 2.72 bits per heavy atom. The summed E-state index contributed by atoms with van der Waals surface area (Å²) in [6, 6.07) is 4.80. The molecule has 2 rings (SSSR count). The van der Waals surface area contributed by atoms with Gasteiger partial charge in [-0.15, -0.1) is 0 Å². The molecule has 1 aliphatic rings. The minimum Gasteiger partial charge on any atom is -0.389 e. The molecule has 2 N–H and O–H groups in total. The van der Waals surface area contributed by atoms with Crippen LogP contribution in [0.4, 0.5) is 4.39 Å².